The molecule has 1 aromatic carbocycles. The van der Waals surface area contributed by atoms with E-state index in [1.54, 1.807) is 0 Å². The number of benzene rings is 1. The third-order valence-corrected chi connectivity index (χ3v) is 7.19. The molecule has 0 unspecified atom stereocenters. The lowest BCUT2D eigenvalue weighted by Gasteiger charge is -2.17. The van der Waals surface area contributed by atoms with Crippen LogP contribution in [0.1, 0.15) is 18.1 Å². The highest BCUT2D eigenvalue weighted by Crippen LogP contribution is 2.44. The summed E-state index contributed by atoms with van der Waals surface area (Å²) in [5.74, 6) is -5.78. The maximum Gasteiger partial charge on any atom is 0.523 e. The highest BCUT2D eigenvalue weighted by Gasteiger charge is 2.44. The van der Waals surface area contributed by atoms with Crippen molar-refractivity contribution < 1.29 is 30.7 Å². The second kappa shape index (κ2) is 10.2. The van der Waals surface area contributed by atoms with Gasteiger partial charge in [-0.15, -0.1) is 0 Å². The molecule has 13 heteroatoms. The molecule has 0 saturated carbocycles. The molecular formula is C30H11F7N6. The summed E-state index contributed by atoms with van der Waals surface area (Å²) in [6, 6.07) is 5.82. The standard InChI is InChI=1S/C30H11F7N6/c1-12-16(29(40-2)41-3)8-18-24(12)25(13-4-20(31)42-21(32)5-13)19-9-17(15(10-38)11-39)28(30(35,36)37)27(19)26(18)14-6-22(33)43-23(34)7-14/h4-7H,8-9H2,1H3. The second-order valence-electron chi connectivity index (χ2n) is 9.41. The number of hydrogen-bond donors (Lipinski definition) is 0. The molecule has 2 aromatic heterocycles. The zero-order valence-corrected chi connectivity index (χ0v) is 21.6. The van der Waals surface area contributed by atoms with E-state index in [0.29, 0.717) is 12.1 Å². The average Bonchev–Trinajstić information content (AvgIpc) is 3.46. The molecule has 0 spiro atoms. The van der Waals surface area contributed by atoms with Crippen LogP contribution in [0.15, 0.2) is 46.8 Å². The Morgan fingerprint density at radius 3 is 1.60 bits per heavy atom. The Labute approximate surface area is 237 Å². The summed E-state index contributed by atoms with van der Waals surface area (Å²) in [6.07, 6.45) is -6.30. The normalized spacial score (nSPS) is 13.6. The van der Waals surface area contributed by atoms with Gasteiger partial charge in [-0.2, -0.15) is 60.9 Å². The van der Waals surface area contributed by atoms with Gasteiger partial charge in [0.05, 0.1) is 11.1 Å². The molecule has 210 valence electrons. The molecule has 0 radical (unpaired) electrons. The van der Waals surface area contributed by atoms with Crippen LogP contribution >= 0.6 is 0 Å². The molecule has 6 nitrogen and oxygen atoms in total. The number of nitrogens with zero attached hydrogens (tertiary/aromatic N) is 6. The van der Waals surface area contributed by atoms with Gasteiger partial charge in [-0.1, -0.05) is 0 Å². The Morgan fingerprint density at radius 1 is 0.767 bits per heavy atom. The minimum Gasteiger partial charge on any atom is -0.192 e. The van der Waals surface area contributed by atoms with E-state index in [1.165, 1.54) is 19.1 Å². The number of hydrogen-bond acceptors (Lipinski definition) is 4. The minimum atomic E-state index is -5.23. The number of halogens is 7. The van der Waals surface area contributed by atoms with Crippen LogP contribution in [0.3, 0.4) is 0 Å². The molecule has 0 bridgehead atoms. The highest BCUT2D eigenvalue weighted by atomic mass is 19.4. The number of nitriles is 2. The first-order chi connectivity index (χ1) is 20.3. The molecule has 2 aliphatic carbocycles. The van der Waals surface area contributed by atoms with E-state index in [9.17, 15) is 41.3 Å². The number of aromatic nitrogens is 2. The quantitative estimate of drug-likeness (QED) is 0.165. The number of alkyl halides is 3. The van der Waals surface area contributed by atoms with Crippen LogP contribution in [0.2, 0.25) is 0 Å². The molecule has 3 aromatic rings. The maximum atomic E-state index is 14.9. The lowest BCUT2D eigenvalue weighted by Crippen LogP contribution is -2.27. The second-order valence-corrected chi connectivity index (χ2v) is 9.41. The first kappa shape index (κ1) is 28.7. The predicted molar refractivity (Wildman–Crippen MR) is 136 cm³/mol. The Hall–Kier alpha value is -5.79. The van der Waals surface area contributed by atoms with Gasteiger partial charge >= 0.3 is 12.0 Å². The molecule has 0 aliphatic heterocycles. The van der Waals surface area contributed by atoms with Crippen molar-refractivity contribution in [3.8, 4) is 34.4 Å². The number of allylic oxidation sites excluding steroid dienone is 3. The fourth-order valence-electron chi connectivity index (χ4n) is 5.72. The van der Waals surface area contributed by atoms with Gasteiger partial charge in [0.1, 0.15) is 30.9 Å². The van der Waals surface area contributed by atoms with E-state index >= 15 is 0 Å². The molecule has 0 saturated heterocycles. The predicted octanol–water partition coefficient (Wildman–Crippen LogP) is 5.76. The van der Waals surface area contributed by atoms with Crippen LogP contribution in [-0.2, 0) is 12.8 Å². The van der Waals surface area contributed by atoms with Crippen LogP contribution in [0.5, 0.6) is 0 Å². The third kappa shape index (κ3) is 4.58. The van der Waals surface area contributed by atoms with E-state index in [-0.39, 0.29) is 50.6 Å². The van der Waals surface area contributed by atoms with Crippen LogP contribution in [0.25, 0.3) is 43.1 Å². The summed E-state index contributed by atoms with van der Waals surface area (Å²) in [4.78, 5) is 12.5. The van der Waals surface area contributed by atoms with Crippen molar-refractivity contribution in [2.45, 2.75) is 25.9 Å². The van der Waals surface area contributed by atoms with Crippen molar-refractivity contribution in [3.05, 3.63) is 115 Å². The van der Waals surface area contributed by atoms with Gasteiger partial charge in [-0.3, -0.25) is 0 Å². The summed E-state index contributed by atoms with van der Waals surface area (Å²) >= 11 is 0. The monoisotopic (exact) mass is 588 g/mol. The number of fused-ring (bicyclic) bond motifs is 2. The Bertz CT molecular complexity index is 2090. The summed E-state index contributed by atoms with van der Waals surface area (Å²) in [5.41, 5.74) is -4.18. The van der Waals surface area contributed by atoms with E-state index in [1.807, 2.05) is 0 Å². The summed E-state index contributed by atoms with van der Waals surface area (Å²) in [5, 5.41) is 18.5. The van der Waals surface area contributed by atoms with Crippen molar-refractivity contribution in [1.29, 1.82) is 10.5 Å². The Morgan fingerprint density at radius 2 is 1.19 bits per heavy atom. The Kier molecular flexibility index (Phi) is 6.84. The van der Waals surface area contributed by atoms with Crippen LogP contribution in [0.4, 0.5) is 30.7 Å². The van der Waals surface area contributed by atoms with Gasteiger partial charge in [0.2, 0.25) is 23.8 Å². The highest BCUT2D eigenvalue weighted by molar-refractivity contribution is 5.92. The van der Waals surface area contributed by atoms with Crippen molar-refractivity contribution in [2.75, 3.05) is 0 Å². The first-order valence-corrected chi connectivity index (χ1v) is 12.0. The topological polar surface area (TPSA) is 82.1 Å². The van der Waals surface area contributed by atoms with Crippen molar-refractivity contribution in [2.24, 2.45) is 0 Å². The van der Waals surface area contributed by atoms with Gasteiger partial charge in [-0.05, 0) is 68.3 Å². The van der Waals surface area contributed by atoms with E-state index < -0.39 is 69.7 Å². The summed E-state index contributed by atoms with van der Waals surface area (Å²) in [7, 11) is 0. The minimum absolute atomic E-state index is 0.0212. The lowest BCUT2D eigenvalue weighted by molar-refractivity contribution is -0.0695. The zero-order valence-electron chi connectivity index (χ0n) is 21.6. The SMILES string of the molecule is [C-]#[N+]C([N+]#[C-])=C1Cc2c(-c3cc(F)nc(F)c3)c3c(c(-c4cc(F)nc(F)c4)c2=C1C)CC(=C(C#N)C#N)C=3C(F)(F)F. The molecule has 2 heterocycles. The van der Waals surface area contributed by atoms with Crippen LogP contribution < -0.4 is 10.4 Å². The van der Waals surface area contributed by atoms with Gasteiger partial charge in [0, 0.05) is 30.7 Å². The average molecular weight is 588 g/mol. The molecule has 2 aliphatic rings. The molecule has 5 rings (SSSR count). The van der Waals surface area contributed by atoms with Crippen molar-refractivity contribution in [3.63, 3.8) is 0 Å². The third-order valence-electron chi connectivity index (χ3n) is 7.19. The summed E-state index contributed by atoms with van der Waals surface area (Å²) in [6.45, 7) is 16.3. The van der Waals surface area contributed by atoms with Gasteiger partial charge < -0.3 is 0 Å². The summed E-state index contributed by atoms with van der Waals surface area (Å²) < 4.78 is 102. The smallest absolute Gasteiger partial charge is 0.192 e. The fourth-order valence-corrected chi connectivity index (χ4v) is 5.72. The van der Waals surface area contributed by atoms with Crippen molar-refractivity contribution in [1.82, 2.24) is 9.97 Å². The molecule has 0 fully saturated rings. The molecule has 0 atom stereocenters. The largest absolute Gasteiger partial charge is 0.523 e. The molecule has 0 amide bonds. The molecular weight excluding hydrogens is 577 g/mol. The molecule has 43 heavy (non-hydrogen) atoms. The molecule has 0 N–H and O–H groups in total. The zero-order chi connectivity index (χ0) is 31.4. The lowest BCUT2D eigenvalue weighted by atomic mass is 9.87. The van der Waals surface area contributed by atoms with Crippen LogP contribution in [-0.4, -0.2) is 16.1 Å². The Balaban J connectivity index is 2.19. The van der Waals surface area contributed by atoms with Gasteiger partial charge in [0.15, 0.2) is 0 Å². The van der Waals surface area contributed by atoms with E-state index in [2.05, 4.69) is 19.7 Å². The first-order valence-electron chi connectivity index (χ1n) is 12.0. The van der Waals surface area contributed by atoms with Gasteiger partial charge in [0.25, 0.3) is 0 Å². The van der Waals surface area contributed by atoms with E-state index in [0.717, 1.165) is 12.1 Å². The van der Waals surface area contributed by atoms with E-state index in [4.69, 9.17) is 13.1 Å². The van der Waals surface area contributed by atoms with Crippen molar-refractivity contribution >= 4 is 11.1 Å². The fraction of sp³-hybridized carbons (Fsp3) is 0.133. The number of pyridine rings is 2. The number of rotatable bonds is 2. The maximum absolute atomic E-state index is 14.9. The van der Waals surface area contributed by atoms with Gasteiger partial charge in [-0.25, -0.2) is 0 Å². The van der Waals surface area contributed by atoms with Crippen LogP contribution in [0, 0.1) is 59.6 Å².